The molecule has 0 heterocycles. The first-order valence-corrected chi connectivity index (χ1v) is 5.88. The van der Waals surface area contributed by atoms with Crippen LogP contribution in [0.5, 0.6) is 5.75 Å². The highest BCUT2D eigenvalue weighted by Crippen LogP contribution is 2.41. The second-order valence-electron chi connectivity index (χ2n) is 3.78. The van der Waals surface area contributed by atoms with Crippen LogP contribution in [0, 0.1) is 0 Å². The number of esters is 1. The second-order valence-corrected chi connectivity index (χ2v) is 4.69. The third-order valence-corrected chi connectivity index (χ3v) is 2.88. The summed E-state index contributed by atoms with van der Waals surface area (Å²) in [5.74, 6) is -1.66. The minimum Gasteiger partial charge on any atom is -0.507 e. The molecule has 0 spiro atoms. The summed E-state index contributed by atoms with van der Waals surface area (Å²) in [5.41, 5.74) is 4.22. The van der Waals surface area contributed by atoms with Gasteiger partial charge in [0.2, 0.25) is 0 Å². The van der Waals surface area contributed by atoms with Crippen molar-refractivity contribution in [3.8, 4) is 5.75 Å². The lowest BCUT2D eigenvalue weighted by atomic mass is 10.00. The molecule has 0 amide bonds. The Balaban J connectivity index is 0.00000361. The number of phenols is 1. The van der Waals surface area contributed by atoms with E-state index in [1.165, 1.54) is 6.07 Å². The Morgan fingerprint density at radius 2 is 2.05 bits per heavy atom. The lowest BCUT2D eigenvalue weighted by molar-refractivity contribution is -0.141. The van der Waals surface area contributed by atoms with Crippen molar-refractivity contribution < 1.29 is 27.8 Å². The number of nitrogens with two attached hydrogens (primary N) is 1. The normalized spacial score (nSPS) is 12.5. The van der Waals surface area contributed by atoms with Crippen LogP contribution in [0.3, 0.4) is 0 Å². The molecule has 0 aliphatic rings. The molecule has 0 aromatic heterocycles. The largest absolute Gasteiger partial charge is 0.507 e. The van der Waals surface area contributed by atoms with Crippen LogP contribution >= 0.6 is 28.3 Å². The summed E-state index contributed by atoms with van der Waals surface area (Å²) in [5, 5.41) is 9.63. The van der Waals surface area contributed by atoms with Crippen molar-refractivity contribution in [1.29, 1.82) is 0 Å². The third-order valence-electron chi connectivity index (χ3n) is 2.42. The quantitative estimate of drug-likeness (QED) is 0.793. The van der Waals surface area contributed by atoms with Gasteiger partial charge in [-0.05, 0) is 12.1 Å². The summed E-state index contributed by atoms with van der Waals surface area (Å²) in [6.07, 6.45) is -5.05. The predicted molar refractivity (Wildman–Crippen MR) is 71.6 cm³/mol. The SMILES string of the molecule is COC(=O)C[C@H](N)c1cc(Br)cc(C(F)(F)F)c1O.Cl. The summed E-state index contributed by atoms with van der Waals surface area (Å²) in [7, 11) is 1.14. The molecular weight excluding hydrogens is 366 g/mol. The Kier molecular flexibility index (Phi) is 6.79. The molecule has 9 heteroatoms. The van der Waals surface area contributed by atoms with Crippen LogP contribution in [0.1, 0.15) is 23.6 Å². The lowest BCUT2D eigenvalue weighted by Crippen LogP contribution is -2.18. The van der Waals surface area contributed by atoms with Crippen molar-refractivity contribution in [1.82, 2.24) is 0 Å². The van der Waals surface area contributed by atoms with Crippen LogP contribution in [-0.2, 0) is 15.7 Å². The number of rotatable bonds is 3. The minimum atomic E-state index is -4.71. The number of ether oxygens (including phenoxy) is 1. The molecular formula is C11H12BrClF3NO3. The van der Waals surface area contributed by atoms with Gasteiger partial charge in [0.15, 0.2) is 0 Å². The molecule has 4 nitrogen and oxygen atoms in total. The van der Waals surface area contributed by atoms with Gasteiger partial charge in [0.25, 0.3) is 0 Å². The van der Waals surface area contributed by atoms with Gasteiger partial charge in [0, 0.05) is 16.1 Å². The highest BCUT2D eigenvalue weighted by Gasteiger charge is 2.36. The molecule has 1 atom stereocenters. The lowest BCUT2D eigenvalue weighted by Gasteiger charge is -2.17. The first-order valence-electron chi connectivity index (χ1n) is 5.08. The van der Waals surface area contributed by atoms with Gasteiger partial charge < -0.3 is 15.6 Å². The fraction of sp³-hybridized carbons (Fsp3) is 0.364. The molecule has 0 bridgehead atoms. The maximum atomic E-state index is 12.7. The smallest absolute Gasteiger partial charge is 0.420 e. The number of carbonyl (C=O) groups excluding carboxylic acids is 1. The van der Waals surface area contributed by atoms with E-state index in [-0.39, 0.29) is 28.9 Å². The highest BCUT2D eigenvalue weighted by atomic mass is 79.9. The van der Waals surface area contributed by atoms with Gasteiger partial charge >= 0.3 is 12.1 Å². The Bertz CT molecular complexity index is 497. The van der Waals surface area contributed by atoms with Crippen molar-refractivity contribution in [3.63, 3.8) is 0 Å². The Morgan fingerprint density at radius 3 is 2.50 bits per heavy atom. The maximum absolute atomic E-state index is 12.7. The summed E-state index contributed by atoms with van der Waals surface area (Å²) in [4.78, 5) is 11.1. The molecule has 0 unspecified atom stereocenters. The molecule has 0 saturated heterocycles. The molecule has 0 fully saturated rings. The van der Waals surface area contributed by atoms with Gasteiger partial charge in [-0.1, -0.05) is 15.9 Å². The van der Waals surface area contributed by atoms with E-state index in [2.05, 4.69) is 20.7 Å². The maximum Gasteiger partial charge on any atom is 0.420 e. The van der Waals surface area contributed by atoms with Gasteiger partial charge in [0.05, 0.1) is 19.1 Å². The topological polar surface area (TPSA) is 72.5 Å². The average molecular weight is 379 g/mol. The van der Waals surface area contributed by atoms with Crippen LogP contribution in [-0.4, -0.2) is 18.2 Å². The number of halogens is 5. The summed E-state index contributed by atoms with van der Waals surface area (Å²) < 4.78 is 42.5. The molecule has 20 heavy (non-hydrogen) atoms. The number of alkyl halides is 3. The molecule has 0 aliphatic carbocycles. The molecule has 0 aliphatic heterocycles. The fourth-order valence-corrected chi connectivity index (χ4v) is 1.97. The van der Waals surface area contributed by atoms with Crippen molar-refractivity contribution in [2.24, 2.45) is 5.73 Å². The van der Waals surface area contributed by atoms with Crippen LogP contribution in [0.15, 0.2) is 16.6 Å². The number of phenolic OH excluding ortho intramolecular Hbond substituents is 1. The Morgan fingerprint density at radius 1 is 1.50 bits per heavy atom. The fourth-order valence-electron chi connectivity index (χ4n) is 1.49. The van der Waals surface area contributed by atoms with Crippen molar-refractivity contribution in [3.05, 3.63) is 27.7 Å². The molecule has 3 N–H and O–H groups in total. The molecule has 0 saturated carbocycles. The first kappa shape index (κ1) is 19.0. The summed E-state index contributed by atoms with van der Waals surface area (Å²) in [6.45, 7) is 0. The van der Waals surface area contributed by atoms with E-state index in [0.29, 0.717) is 0 Å². The second kappa shape index (κ2) is 7.14. The van der Waals surface area contributed by atoms with Gasteiger partial charge in [-0.2, -0.15) is 13.2 Å². The van der Waals surface area contributed by atoms with Crippen molar-refractivity contribution in [2.45, 2.75) is 18.6 Å². The molecule has 1 rings (SSSR count). The predicted octanol–water partition coefficient (Wildman–Crippen LogP) is 3.16. The van der Waals surface area contributed by atoms with Gasteiger partial charge in [-0.25, -0.2) is 0 Å². The molecule has 1 aromatic carbocycles. The molecule has 0 radical (unpaired) electrons. The number of hydrogen-bond donors (Lipinski definition) is 2. The van der Waals surface area contributed by atoms with Crippen LogP contribution in [0.4, 0.5) is 13.2 Å². The average Bonchev–Trinajstić information content (AvgIpc) is 2.29. The summed E-state index contributed by atoms with van der Waals surface area (Å²) >= 11 is 2.91. The highest BCUT2D eigenvalue weighted by molar-refractivity contribution is 9.10. The van der Waals surface area contributed by atoms with E-state index in [0.717, 1.165) is 13.2 Å². The Labute approximate surface area is 127 Å². The van der Waals surface area contributed by atoms with Crippen LogP contribution in [0.25, 0.3) is 0 Å². The zero-order valence-corrected chi connectivity index (χ0v) is 12.6. The number of methoxy groups -OCH3 is 1. The monoisotopic (exact) mass is 377 g/mol. The molecule has 114 valence electrons. The number of carbonyl (C=O) groups is 1. The van der Waals surface area contributed by atoms with E-state index < -0.39 is 29.5 Å². The molecule has 1 aromatic rings. The zero-order valence-electron chi connectivity index (χ0n) is 10.2. The van der Waals surface area contributed by atoms with Gasteiger partial charge in [-0.3, -0.25) is 4.79 Å². The Hall–Kier alpha value is -0.990. The van der Waals surface area contributed by atoms with Crippen molar-refractivity contribution >= 4 is 34.3 Å². The van der Waals surface area contributed by atoms with E-state index in [9.17, 15) is 23.1 Å². The van der Waals surface area contributed by atoms with Gasteiger partial charge in [0.1, 0.15) is 5.75 Å². The van der Waals surface area contributed by atoms with Crippen LogP contribution in [0.2, 0.25) is 0 Å². The van der Waals surface area contributed by atoms with Gasteiger partial charge in [-0.15, -0.1) is 12.4 Å². The minimum absolute atomic E-state index is 0. The third kappa shape index (κ3) is 4.53. The first-order chi connectivity index (χ1) is 8.66. The van der Waals surface area contributed by atoms with E-state index in [1.54, 1.807) is 0 Å². The number of hydrogen-bond acceptors (Lipinski definition) is 4. The van der Waals surface area contributed by atoms with E-state index >= 15 is 0 Å². The summed E-state index contributed by atoms with van der Waals surface area (Å²) in [6, 6.07) is 0.882. The number of aromatic hydroxyl groups is 1. The van der Waals surface area contributed by atoms with Crippen molar-refractivity contribution in [2.75, 3.05) is 7.11 Å². The number of benzene rings is 1. The van der Waals surface area contributed by atoms with E-state index in [1.807, 2.05) is 0 Å². The van der Waals surface area contributed by atoms with Crippen LogP contribution < -0.4 is 5.73 Å². The standard InChI is InChI=1S/C11H11BrF3NO3.ClH/c1-19-9(17)4-8(16)6-2-5(12)3-7(10(6)18)11(13,14)15;/h2-3,8,18H,4,16H2,1H3;1H/t8-;/m0./s1. The van der Waals surface area contributed by atoms with E-state index in [4.69, 9.17) is 5.73 Å². The zero-order chi connectivity index (χ0) is 14.8.